The lowest BCUT2D eigenvalue weighted by Crippen LogP contribution is -2.74. The van der Waals surface area contributed by atoms with Crippen LogP contribution in [0.25, 0.3) is 81.5 Å². The molecule has 0 fully saturated rings. The summed E-state index contributed by atoms with van der Waals surface area (Å²) in [5, 5.41) is 11.9. The molecule has 4 heteroatoms. The van der Waals surface area contributed by atoms with Crippen LogP contribution >= 0.6 is 11.3 Å². The quantitative estimate of drug-likeness (QED) is 0.112. The molecule has 13 rings (SSSR count). The van der Waals surface area contributed by atoms with E-state index in [9.17, 15) is 0 Å². The van der Waals surface area contributed by atoms with E-state index in [0.29, 0.717) is 0 Å². The van der Waals surface area contributed by atoms with Crippen LogP contribution in [0, 0.1) is 0 Å². The summed E-state index contributed by atoms with van der Waals surface area (Å²) in [7, 11) is -2.95. The molecule has 2 nitrogen and oxygen atoms in total. The highest BCUT2D eigenvalue weighted by atomic mass is 32.1. The van der Waals surface area contributed by atoms with Gasteiger partial charge in [-0.2, -0.15) is 0 Å². The fourth-order valence-corrected chi connectivity index (χ4v) is 17.0. The lowest BCUT2D eigenvalue weighted by Gasteiger charge is -2.35. The van der Waals surface area contributed by atoms with Crippen LogP contribution in [0.15, 0.2) is 224 Å². The fraction of sp³-hybridized carbons (Fsp3) is 0.0333. The maximum Gasteiger partial charge on any atom is 0.179 e. The van der Waals surface area contributed by atoms with Crippen molar-refractivity contribution in [3.05, 3.63) is 236 Å². The van der Waals surface area contributed by atoms with Gasteiger partial charge in [-0.25, -0.2) is 0 Å². The van der Waals surface area contributed by atoms with Crippen molar-refractivity contribution in [1.29, 1.82) is 0 Å². The third kappa shape index (κ3) is 5.56. The van der Waals surface area contributed by atoms with Crippen LogP contribution < -0.4 is 20.7 Å². The Kier molecular flexibility index (Phi) is 8.58. The normalized spacial score (nSPS) is 12.8. The summed E-state index contributed by atoms with van der Waals surface area (Å²) in [6.07, 6.45) is 6.74. The van der Waals surface area contributed by atoms with Crippen LogP contribution in [0.2, 0.25) is 0 Å². The van der Waals surface area contributed by atoms with Crippen LogP contribution in [0.3, 0.4) is 0 Å². The summed E-state index contributed by atoms with van der Waals surface area (Å²) in [6, 6.07) is 82.2. The number of para-hydroxylation sites is 2. The molecule has 3 heterocycles. The Morgan fingerprint density at radius 1 is 0.406 bits per heavy atom. The molecule has 302 valence electrons. The van der Waals surface area contributed by atoms with E-state index in [1.54, 1.807) is 0 Å². The zero-order valence-corrected chi connectivity index (χ0v) is 37.0. The molecular weight excluding hydrogens is 809 g/mol. The molecule has 0 unspecified atom stereocenters. The van der Waals surface area contributed by atoms with Gasteiger partial charge in [0.1, 0.15) is 0 Å². The SMILES string of the molecule is C1=Cc2c(n(-c3ccc4c(c3)c3ccccc3n4-c3cccc([Si](c4ccccc4)(c4ccccc4)c4cccc(-c5cccc6c5sc5ccccc56)c4)c3)c3ccccc23)CC1. The number of hydrogen-bond donors (Lipinski definition) is 0. The Morgan fingerprint density at radius 2 is 1.00 bits per heavy atom. The topological polar surface area (TPSA) is 9.86 Å². The van der Waals surface area contributed by atoms with Crippen LogP contribution in [-0.4, -0.2) is 17.2 Å². The molecule has 1 aliphatic carbocycles. The maximum atomic E-state index is 2.51. The minimum atomic E-state index is -2.95. The summed E-state index contributed by atoms with van der Waals surface area (Å²) >= 11 is 1.90. The lowest BCUT2D eigenvalue weighted by molar-refractivity contribution is 0.889. The molecule has 0 atom stereocenters. The Morgan fingerprint density at radius 3 is 1.80 bits per heavy atom. The number of aromatic nitrogens is 2. The van der Waals surface area contributed by atoms with Crippen LogP contribution in [0.1, 0.15) is 17.7 Å². The Balaban J connectivity index is 1.04. The molecule has 0 N–H and O–H groups in total. The minimum absolute atomic E-state index is 1.03. The number of allylic oxidation sites excluding steroid dienone is 1. The number of hydrogen-bond acceptors (Lipinski definition) is 1. The van der Waals surface area contributed by atoms with Gasteiger partial charge in [0, 0.05) is 59.0 Å². The molecule has 3 aromatic heterocycles. The second-order valence-electron chi connectivity index (χ2n) is 17.1. The van der Waals surface area contributed by atoms with Gasteiger partial charge in [0.2, 0.25) is 0 Å². The molecule has 0 aliphatic heterocycles. The average Bonchev–Trinajstić information content (AvgIpc) is 4.03. The smallest absolute Gasteiger partial charge is 0.179 e. The van der Waals surface area contributed by atoms with Gasteiger partial charge < -0.3 is 9.13 Å². The van der Waals surface area contributed by atoms with Crippen molar-refractivity contribution < 1.29 is 0 Å². The van der Waals surface area contributed by atoms with Gasteiger partial charge in [0.15, 0.2) is 8.07 Å². The van der Waals surface area contributed by atoms with Gasteiger partial charge in [-0.3, -0.25) is 0 Å². The lowest BCUT2D eigenvalue weighted by atomic mass is 10.0. The van der Waals surface area contributed by atoms with Gasteiger partial charge in [-0.05, 0) is 93.2 Å². The first-order chi connectivity index (χ1) is 31.8. The first kappa shape index (κ1) is 37.1. The molecule has 1 aliphatic rings. The van der Waals surface area contributed by atoms with Crippen molar-refractivity contribution in [3.63, 3.8) is 0 Å². The Hall–Kier alpha value is -7.50. The number of benzene rings is 9. The molecule has 0 spiro atoms. The van der Waals surface area contributed by atoms with Crippen molar-refractivity contribution in [2.24, 2.45) is 0 Å². The van der Waals surface area contributed by atoms with E-state index in [0.717, 1.165) is 12.8 Å². The Labute approximate surface area is 377 Å². The zero-order valence-electron chi connectivity index (χ0n) is 35.2. The molecule has 0 saturated heterocycles. The van der Waals surface area contributed by atoms with Crippen LogP contribution in [0.4, 0.5) is 0 Å². The highest BCUT2D eigenvalue weighted by Crippen LogP contribution is 2.41. The molecule has 0 bridgehead atoms. The summed E-state index contributed by atoms with van der Waals surface area (Å²) in [5.41, 5.74) is 11.3. The van der Waals surface area contributed by atoms with E-state index in [1.165, 1.54) is 107 Å². The third-order valence-corrected chi connectivity index (χ3v) is 19.7. The van der Waals surface area contributed by atoms with Crippen molar-refractivity contribution in [3.8, 4) is 22.5 Å². The van der Waals surface area contributed by atoms with Crippen molar-refractivity contribution in [1.82, 2.24) is 9.13 Å². The third-order valence-electron chi connectivity index (χ3n) is 13.7. The van der Waals surface area contributed by atoms with Gasteiger partial charge >= 0.3 is 0 Å². The van der Waals surface area contributed by atoms with Gasteiger partial charge in [0.05, 0.1) is 16.6 Å². The number of nitrogens with zero attached hydrogens (tertiary/aromatic N) is 2. The van der Waals surface area contributed by atoms with E-state index in [-0.39, 0.29) is 0 Å². The van der Waals surface area contributed by atoms with Gasteiger partial charge in [-0.15, -0.1) is 11.3 Å². The molecule has 0 radical (unpaired) electrons. The highest BCUT2D eigenvalue weighted by Gasteiger charge is 2.42. The van der Waals surface area contributed by atoms with E-state index in [2.05, 4.69) is 240 Å². The van der Waals surface area contributed by atoms with E-state index < -0.39 is 8.07 Å². The first-order valence-corrected chi connectivity index (χ1v) is 25.1. The maximum absolute atomic E-state index is 2.95. The van der Waals surface area contributed by atoms with E-state index in [4.69, 9.17) is 0 Å². The zero-order chi connectivity index (χ0) is 42.2. The van der Waals surface area contributed by atoms with Crippen molar-refractivity contribution in [2.45, 2.75) is 12.8 Å². The molecule has 12 aromatic rings. The minimum Gasteiger partial charge on any atom is -0.313 e. The molecular formula is C60H42N2SSi. The van der Waals surface area contributed by atoms with Crippen molar-refractivity contribution >= 4 is 99.1 Å². The van der Waals surface area contributed by atoms with Crippen LogP contribution in [-0.2, 0) is 6.42 Å². The second-order valence-corrected chi connectivity index (χ2v) is 22.0. The Bertz CT molecular complexity index is 3760. The van der Waals surface area contributed by atoms with Gasteiger partial charge in [0.25, 0.3) is 0 Å². The second kappa shape index (κ2) is 14.8. The predicted octanol–water partition coefficient (Wildman–Crippen LogP) is 13.1. The number of rotatable bonds is 7. The van der Waals surface area contributed by atoms with Gasteiger partial charge in [-0.1, -0.05) is 182 Å². The number of fused-ring (bicyclic) bond motifs is 9. The predicted molar refractivity (Wildman–Crippen MR) is 277 cm³/mol. The monoisotopic (exact) mass is 850 g/mol. The summed E-state index contributed by atoms with van der Waals surface area (Å²) in [5.74, 6) is 0. The molecule has 0 saturated carbocycles. The molecule has 9 aromatic carbocycles. The van der Waals surface area contributed by atoms with Crippen LogP contribution in [0.5, 0.6) is 0 Å². The largest absolute Gasteiger partial charge is 0.313 e. The summed E-state index contributed by atoms with van der Waals surface area (Å²) < 4.78 is 7.67. The van der Waals surface area contributed by atoms with E-state index >= 15 is 0 Å². The highest BCUT2D eigenvalue weighted by molar-refractivity contribution is 7.26. The van der Waals surface area contributed by atoms with E-state index in [1.807, 2.05) is 11.3 Å². The summed E-state index contributed by atoms with van der Waals surface area (Å²) in [6.45, 7) is 0. The summed E-state index contributed by atoms with van der Waals surface area (Å²) in [4.78, 5) is 0. The van der Waals surface area contributed by atoms with Crippen molar-refractivity contribution in [2.75, 3.05) is 0 Å². The molecule has 0 amide bonds. The number of thiophene rings is 1. The fourth-order valence-electron chi connectivity index (χ4n) is 11.0. The standard InChI is InChI=1S/C60H42N2SSi/c1-3-20-44(21-4-1)64(45-22-5-2-6-23-45,46-24-15-18-41(38-46)48-30-17-31-53-52-29-10-14-35-59(52)63-60(48)53)47-25-16-19-42(39-47)61-57-34-13-9-28-51(57)54-40-43(36-37-58(54)61)62-55-32-11-7-26-49(55)50-27-8-12-33-56(50)62/h1-11,13-32,34-40H,12,33H2. The first-order valence-electron chi connectivity index (χ1n) is 22.3. The molecule has 64 heavy (non-hydrogen) atoms. The average molecular weight is 851 g/mol.